The number of H-pyrrole nitrogens is 1. The Bertz CT molecular complexity index is 506. The van der Waals surface area contributed by atoms with Gasteiger partial charge in [-0.15, -0.1) is 5.10 Å². The maximum Gasteiger partial charge on any atom is 0.272 e. The van der Waals surface area contributed by atoms with Crippen molar-refractivity contribution < 1.29 is 9.90 Å². The summed E-state index contributed by atoms with van der Waals surface area (Å²) in [5.41, 5.74) is 0.683. The number of hydrogen-bond acceptors (Lipinski definition) is 4. The maximum atomic E-state index is 11.6. The van der Waals surface area contributed by atoms with Crippen LogP contribution in [0.3, 0.4) is 0 Å². The monoisotopic (exact) mass is 206 g/mol. The molecule has 0 saturated heterocycles. The van der Waals surface area contributed by atoms with E-state index in [2.05, 4.69) is 20.5 Å². The topological polar surface area (TPSA) is 90.9 Å². The molecule has 2 aromatic rings. The minimum absolute atomic E-state index is 0.127. The van der Waals surface area contributed by atoms with Gasteiger partial charge in [0.25, 0.3) is 5.91 Å². The zero-order valence-corrected chi connectivity index (χ0v) is 8.11. The molecule has 0 spiro atoms. The number of pyridine rings is 1. The lowest BCUT2D eigenvalue weighted by molar-refractivity contribution is 0.0952. The van der Waals surface area contributed by atoms with E-state index in [1.54, 1.807) is 6.07 Å². The highest BCUT2D eigenvalue weighted by Crippen LogP contribution is 2.22. The third-order valence-electron chi connectivity index (χ3n) is 2.02. The van der Waals surface area contributed by atoms with Gasteiger partial charge in [0.15, 0.2) is 5.69 Å². The van der Waals surface area contributed by atoms with Gasteiger partial charge in [0.2, 0.25) is 5.88 Å². The van der Waals surface area contributed by atoms with Gasteiger partial charge in [-0.25, -0.2) is 4.98 Å². The molecule has 0 aliphatic heterocycles. The molecule has 0 fully saturated rings. The average Bonchev–Trinajstić information content (AvgIpc) is 2.61. The molecule has 6 heteroatoms. The van der Waals surface area contributed by atoms with Crippen LogP contribution in [-0.4, -0.2) is 32.7 Å². The molecule has 0 saturated carbocycles. The fourth-order valence-electron chi connectivity index (χ4n) is 1.35. The van der Waals surface area contributed by atoms with Gasteiger partial charge in [0.1, 0.15) is 5.52 Å². The normalized spacial score (nSPS) is 10.5. The van der Waals surface area contributed by atoms with Crippen molar-refractivity contribution in [2.45, 2.75) is 6.92 Å². The summed E-state index contributed by atoms with van der Waals surface area (Å²) >= 11 is 0. The highest BCUT2D eigenvalue weighted by Gasteiger charge is 2.14. The molecule has 0 unspecified atom stereocenters. The van der Waals surface area contributed by atoms with E-state index in [4.69, 9.17) is 0 Å². The number of aromatic nitrogens is 3. The molecule has 15 heavy (non-hydrogen) atoms. The van der Waals surface area contributed by atoms with Gasteiger partial charge < -0.3 is 10.4 Å². The van der Waals surface area contributed by atoms with E-state index in [0.29, 0.717) is 17.4 Å². The van der Waals surface area contributed by atoms with Crippen LogP contribution in [0.1, 0.15) is 17.4 Å². The number of aromatic amines is 1. The number of rotatable bonds is 2. The third-order valence-corrected chi connectivity index (χ3v) is 2.02. The smallest absolute Gasteiger partial charge is 0.272 e. The molecule has 0 aliphatic carbocycles. The lowest BCUT2D eigenvalue weighted by Gasteiger charge is -2.01. The van der Waals surface area contributed by atoms with Gasteiger partial charge in [0.05, 0.1) is 5.39 Å². The van der Waals surface area contributed by atoms with Crippen LogP contribution in [0.15, 0.2) is 12.3 Å². The van der Waals surface area contributed by atoms with Gasteiger partial charge in [-0.1, -0.05) is 0 Å². The average molecular weight is 206 g/mol. The molecule has 0 atom stereocenters. The number of nitrogens with zero attached hydrogens (tertiary/aromatic N) is 2. The van der Waals surface area contributed by atoms with Crippen molar-refractivity contribution in [3.05, 3.63) is 18.0 Å². The fraction of sp³-hybridized carbons (Fsp3) is 0.222. The predicted molar refractivity (Wildman–Crippen MR) is 53.6 cm³/mol. The number of aromatic hydroxyl groups is 1. The largest absolute Gasteiger partial charge is 0.492 e. The Balaban J connectivity index is 2.56. The number of carbonyl (C=O) groups is 1. The highest BCUT2D eigenvalue weighted by atomic mass is 16.3. The van der Waals surface area contributed by atoms with E-state index in [1.165, 1.54) is 6.20 Å². The number of hydrogen-bond donors (Lipinski definition) is 3. The summed E-state index contributed by atoms with van der Waals surface area (Å²) in [6, 6.07) is 1.59. The Morgan fingerprint density at radius 1 is 1.67 bits per heavy atom. The molecule has 78 valence electrons. The molecule has 2 rings (SSSR count). The van der Waals surface area contributed by atoms with E-state index in [0.717, 1.165) is 0 Å². The standard InChI is InChI=1S/C9H10N4O2/c1-2-10-9(15)7-6-5(3-4-11-7)8(14)13-12-6/h3-4H,2H2,1H3,(H,10,15)(H2,12,13,14). The van der Waals surface area contributed by atoms with Crippen molar-refractivity contribution in [3.63, 3.8) is 0 Å². The summed E-state index contributed by atoms with van der Waals surface area (Å²) in [4.78, 5) is 15.5. The van der Waals surface area contributed by atoms with E-state index in [9.17, 15) is 9.90 Å². The van der Waals surface area contributed by atoms with Crippen molar-refractivity contribution in [1.82, 2.24) is 20.5 Å². The number of amides is 1. The lowest BCUT2D eigenvalue weighted by atomic mass is 10.2. The Kier molecular flexibility index (Phi) is 2.24. The first kappa shape index (κ1) is 9.45. The Hall–Kier alpha value is -2.11. The summed E-state index contributed by atoms with van der Waals surface area (Å²) in [5.74, 6) is -0.412. The van der Waals surface area contributed by atoms with Crippen molar-refractivity contribution >= 4 is 16.8 Å². The van der Waals surface area contributed by atoms with Crippen LogP contribution < -0.4 is 5.32 Å². The van der Waals surface area contributed by atoms with Gasteiger partial charge in [-0.05, 0) is 13.0 Å². The molecule has 2 heterocycles. The van der Waals surface area contributed by atoms with Crippen molar-refractivity contribution in [1.29, 1.82) is 0 Å². The molecule has 3 N–H and O–H groups in total. The molecular weight excluding hydrogens is 196 g/mol. The van der Waals surface area contributed by atoms with Gasteiger partial charge in [-0.3, -0.25) is 9.89 Å². The van der Waals surface area contributed by atoms with Gasteiger partial charge in [-0.2, -0.15) is 0 Å². The SMILES string of the molecule is CCNC(=O)c1nccc2c(O)n[nH]c12. The van der Waals surface area contributed by atoms with Crippen molar-refractivity contribution in [2.75, 3.05) is 6.54 Å². The number of fused-ring (bicyclic) bond motifs is 1. The zero-order chi connectivity index (χ0) is 10.8. The first-order valence-corrected chi connectivity index (χ1v) is 4.54. The summed E-state index contributed by atoms with van der Waals surface area (Å²) in [6.45, 7) is 2.35. The maximum absolute atomic E-state index is 11.6. The van der Waals surface area contributed by atoms with Gasteiger partial charge >= 0.3 is 0 Å². The fourth-order valence-corrected chi connectivity index (χ4v) is 1.35. The number of nitrogens with one attached hydrogen (secondary N) is 2. The summed E-state index contributed by atoms with van der Waals surface area (Å²) in [7, 11) is 0. The summed E-state index contributed by atoms with van der Waals surface area (Å²) in [5, 5.41) is 18.7. The second-order valence-electron chi connectivity index (χ2n) is 2.99. The lowest BCUT2D eigenvalue weighted by Crippen LogP contribution is -2.23. The van der Waals surface area contributed by atoms with Crippen molar-refractivity contribution in [3.8, 4) is 5.88 Å². The van der Waals surface area contributed by atoms with E-state index in [1.807, 2.05) is 6.92 Å². The Morgan fingerprint density at radius 2 is 2.47 bits per heavy atom. The van der Waals surface area contributed by atoms with E-state index < -0.39 is 0 Å². The molecule has 0 aromatic carbocycles. The second kappa shape index (κ2) is 3.56. The van der Waals surface area contributed by atoms with Crippen LogP contribution in [0.2, 0.25) is 0 Å². The minimum Gasteiger partial charge on any atom is -0.492 e. The first-order valence-electron chi connectivity index (χ1n) is 4.54. The molecule has 0 bridgehead atoms. The quantitative estimate of drug-likeness (QED) is 0.663. The van der Waals surface area contributed by atoms with Gasteiger partial charge in [0, 0.05) is 12.7 Å². The Labute approximate surface area is 85.3 Å². The predicted octanol–water partition coefficient (Wildman–Crippen LogP) is 0.413. The van der Waals surface area contributed by atoms with E-state index in [-0.39, 0.29) is 17.5 Å². The van der Waals surface area contributed by atoms with Crippen LogP contribution in [0.5, 0.6) is 5.88 Å². The third kappa shape index (κ3) is 1.50. The second-order valence-corrected chi connectivity index (χ2v) is 2.99. The van der Waals surface area contributed by atoms with Crippen LogP contribution >= 0.6 is 0 Å². The molecule has 6 nitrogen and oxygen atoms in total. The highest BCUT2D eigenvalue weighted by molar-refractivity contribution is 6.04. The zero-order valence-electron chi connectivity index (χ0n) is 8.11. The molecule has 0 aliphatic rings. The summed E-state index contributed by atoms with van der Waals surface area (Å²) in [6.07, 6.45) is 1.46. The first-order chi connectivity index (χ1) is 7.24. The van der Waals surface area contributed by atoms with E-state index >= 15 is 0 Å². The molecular formula is C9H10N4O2. The van der Waals surface area contributed by atoms with Crippen LogP contribution in [-0.2, 0) is 0 Å². The number of carbonyl (C=O) groups excluding carboxylic acids is 1. The van der Waals surface area contributed by atoms with Crippen molar-refractivity contribution in [2.24, 2.45) is 0 Å². The van der Waals surface area contributed by atoms with Crippen LogP contribution in [0, 0.1) is 0 Å². The molecule has 2 aromatic heterocycles. The minimum atomic E-state index is -0.285. The molecule has 0 radical (unpaired) electrons. The summed E-state index contributed by atoms with van der Waals surface area (Å²) < 4.78 is 0. The van der Waals surface area contributed by atoms with Crippen LogP contribution in [0.4, 0.5) is 0 Å². The molecule has 1 amide bonds. The van der Waals surface area contributed by atoms with Crippen LogP contribution in [0.25, 0.3) is 10.9 Å². The Morgan fingerprint density at radius 3 is 3.20 bits per heavy atom.